The largest absolute Gasteiger partial charge is 0.386 e. The fourth-order valence-electron chi connectivity index (χ4n) is 2.42. The van der Waals surface area contributed by atoms with E-state index in [2.05, 4.69) is 4.90 Å². The highest BCUT2D eigenvalue weighted by Gasteiger charge is 2.37. The summed E-state index contributed by atoms with van der Waals surface area (Å²) in [4.78, 5) is 2.22. The van der Waals surface area contributed by atoms with E-state index < -0.39 is 11.6 Å². The number of ether oxygens (including phenoxy) is 1. The van der Waals surface area contributed by atoms with E-state index in [1.165, 1.54) is 0 Å². The molecular weight excluding hydrogens is 285 g/mol. The van der Waals surface area contributed by atoms with Crippen LogP contribution < -0.4 is 0 Å². The van der Waals surface area contributed by atoms with Crippen LogP contribution in [-0.2, 0) is 4.74 Å². The van der Waals surface area contributed by atoms with Crippen molar-refractivity contribution in [2.45, 2.75) is 25.5 Å². The maximum atomic E-state index is 10.7. The molecule has 1 aromatic carbocycles. The van der Waals surface area contributed by atoms with Crippen molar-refractivity contribution in [2.75, 3.05) is 26.3 Å². The van der Waals surface area contributed by atoms with Gasteiger partial charge in [0.25, 0.3) is 0 Å². The summed E-state index contributed by atoms with van der Waals surface area (Å²) in [5, 5.41) is 11.8. The molecule has 0 amide bonds. The lowest BCUT2D eigenvalue weighted by atomic mass is 9.89. The minimum Gasteiger partial charge on any atom is -0.386 e. The highest BCUT2D eigenvalue weighted by atomic mass is 35.5. The van der Waals surface area contributed by atoms with Gasteiger partial charge in [-0.3, -0.25) is 4.90 Å². The summed E-state index contributed by atoms with van der Waals surface area (Å²) in [6, 6.07) is 5.18. The van der Waals surface area contributed by atoms with E-state index in [1.807, 2.05) is 13.8 Å². The van der Waals surface area contributed by atoms with E-state index in [0.717, 1.165) is 13.1 Å². The topological polar surface area (TPSA) is 32.7 Å². The van der Waals surface area contributed by atoms with Crippen molar-refractivity contribution in [3.63, 3.8) is 0 Å². The molecule has 1 fully saturated rings. The first-order valence-corrected chi connectivity index (χ1v) is 7.14. The summed E-state index contributed by atoms with van der Waals surface area (Å²) in [5.41, 5.74) is 0.253. The predicted molar refractivity (Wildman–Crippen MR) is 77.9 cm³/mol. The van der Waals surface area contributed by atoms with Gasteiger partial charge in [-0.2, -0.15) is 0 Å². The van der Waals surface area contributed by atoms with Crippen LogP contribution in [0.2, 0.25) is 10.0 Å². The second-order valence-electron chi connectivity index (χ2n) is 5.32. The zero-order valence-corrected chi connectivity index (χ0v) is 12.7. The van der Waals surface area contributed by atoms with Crippen LogP contribution in [0.25, 0.3) is 0 Å². The van der Waals surface area contributed by atoms with Crippen LogP contribution >= 0.6 is 23.2 Å². The fourth-order valence-corrected chi connectivity index (χ4v) is 2.82. The molecular formula is C14H19Cl2NO2. The van der Waals surface area contributed by atoms with Gasteiger partial charge in [-0.05, 0) is 32.0 Å². The minimum absolute atomic E-state index is 0.419. The second kappa shape index (κ2) is 5.98. The first-order chi connectivity index (χ1) is 8.93. The summed E-state index contributed by atoms with van der Waals surface area (Å²) < 4.78 is 5.35. The Morgan fingerprint density at radius 3 is 2.53 bits per heavy atom. The Morgan fingerprint density at radius 2 is 1.89 bits per heavy atom. The lowest BCUT2D eigenvalue weighted by Crippen LogP contribution is -2.53. The summed E-state index contributed by atoms with van der Waals surface area (Å²) in [6.07, 6.45) is -0.697. The number of aliphatic hydroxyl groups excluding tert-OH is 1. The molecule has 5 heteroatoms. The molecule has 1 aliphatic rings. The summed E-state index contributed by atoms with van der Waals surface area (Å²) in [7, 11) is 0. The quantitative estimate of drug-likeness (QED) is 0.931. The van der Waals surface area contributed by atoms with Gasteiger partial charge in [0.2, 0.25) is 0 Å². The van der Waals surface area contributed by atoms with Gasteiger partial charge in [0, 0.05) is 34.2 Å². The lowest BCUT2D eigenvalue weighted by Gasteiger charge is -2.44. The smallest absolute Gasteiger partial charge is 0.0983 e. The highest BCUT2D eigenvalue weighted by molar-refractivity contribution is 6.33. The van der Waals surface area contributed by atoms with E-state index in [-0.39, 0.29) is 0 Å². The van der Waals surface area contributed by atoms with Crippen molar-refractivity contribution in [3.05, 3.63) is 33.8 Å². The van der Waals surface area contributed by atoms with E-state index in [0.29, 0.717) is 28.8 Å². The number of halogens is 2. The van der Waals surface area contributed by atoms with Gasteiger partial charge in [-0.1, -0.05) is 23.2 Å². The summed E-state index contributed by atoms with van der Waals surface area (Å²) in [5.74, 6) is 0. The minimum atomic E-state index is -0.697. The zero-order chi connectivity index (χ0) is 14.0. The first kappa shape index (κ1) is 15.1. The van der Waals surface area contributed by atoms with Crippen LogP contribution in [0.15, 0.2) is 18.2 Å². The van der Waals surface area contributed by atoms with Crippen LogP contribution in [0.3, 0.4) is 0 Å². The summed E-state index contributed by atoms with van der Waals surface area (Å²) >= 11 is 12.2. The number of nitrogens with zero attached hydrogens (tertiary/aromatic N) is 1. The molecule has 1 N–H and O–H groups in total. The molecule has 0 saturated carbocycles. The lowest BCUT2D eigenvalue weighted by molar-refractivity contribution is -0.0630. The Kier molecular flexibility index (Phi) is 4.75. The van der Waals surface area contributed by atoms with Gasteiger partial charge in [-0.15, -0.1) is 0 Å². The van der Waals surface area contributed by atoms with Gasteiger partial charge in [0.05, 0.1) is 19.3 Å². The van der Waals surface area contributed by atoms with Crippen molar-refractivity contribution < 1.29 is 9.84 Å². The molecule has 0 spiro atoms. The molecule has 2 rings (SSSR count). The van der Waals surface area contributed by atoms with E-state index >= 15 is 0 Å². The average molecular weight is 304 g/mol. The van der Waals surface area contributed by atoms with Gasteiger partial charge < -0.3 is 9.84 Å². The van der Waals surface area contributed by atoms with Crippen molar-refractivity contribution in [1.82, 2.24) is 4.90 Å². The molecule has 1 aromatic rings. The molecule has 0 bridgehead atoms. The van der Waals surface area contributed by atoms with E-state index in [4.69, 9.17) is 27.9 Å². The molecule has 1 saturated heterocycles. The number of hydrogen-bond acceptors (Lipinski definition) is 3. The van der Waals surface area contributed by atoms with Gasteiger partial charge in [0.15, 0.2) is 0 Å². The molecule has 0 radical (unpaired) electrons. The third-order valence-corrected chi connectivity index (χ3v) is 4.33. The average Bonchev–Trinajstić information content (AvgIpc) is 2.41. The predicted octanol–water partition coefficient (Wildman–Crippen LogP) is 3.14. The van der Waals surface area contributed by atoms with Crippen LogP contribution in [0.4, 0.5) is 0 Å². The molecule has 0 aliphatic carbocycles. The molecule has 3 nitrogen and oxygen atoms in total. The van der Waals surface area contributed by atoms with Crippen molar-refractivity contribution in [2.24, 2.45) is 0 Å². The Hall–Kier alpha value is -0.320. The molecule has 1 heterocycles. The molecule has 0 aromatic heterocycles. The van der Waals surface area contributed by atoms with Gasteiger partial charge in [0.1, 0.15) is 0 Å². The first-order valence-electron chi connectivity index (χ1n) is 6.38. The Bertz CT molecular complexity index is 445. The van der Waals surface area contributed by atoms with Crippen molar-refractivity contribution >= 4 is 23.2 Å². The number of benzene rings is 1. The Labute approximate surface area is 124 Å². The maximum Gasteiger partial charge on any atom is 0.0983 e. The van der Waals surface area contributed by atoms with Crippen LogP contribution in [0.5, 0.6) is 0 Å². The monoisotopic (exact) mass is 303 g/mol. The third kappa shape index (κ3) is 3.23. The number of morpholine rings is 1. The van der Waals surface area contributed by atoms with Crippen molar-refractivity contribution in [1.29, 1.82) is 0 Å². The van der Waals surface area contributed by atoms with Crippen LogP contribution in [-0.4, -0.2) is 41.8 Å². The maximum absolute atomic E-state index is 10.7. The zero-order valence-electron chi connectivity index (χ0n) is 11.2. The van der Waals surface area contributed by atoms with Gasteiger partial charge >= 0.3 is 0 Å². The normalized spacial score (nSPS) is 19.4. The van der Waals surface area contributed by atoms with Crippen LogP contribution in [0, 0.1) is 0 Å². The molecule has 1 unspecified atom stereocenters. The van der Waals surface area contributed by atoms with Gasteiger partial charge in [-0.25, -0.2) is 0 Å². The fraction of sp³-hybridized carbons (Fsp3) is 0.571. The van der Waals surface area contributed by atoms with E-state index in [9.17, 15) is 5.11 Å². The second-order valence-corrected chi connectivity index (χ2v) is 6.17. The highest BCUT2D eigenvalue weighted by Crippen LogP contribution is 2.36. The molecule has 1 atom stereocenters. The Morgan fingerprint density at radius 1 is 1.26 bits per heavy atom. The molecule has 19 heavy (non-hydrogen) atoms. The van der Waals surface area contributed by atoms with Crippen LogP contribution in [0.1, 0.15) is 25.5 Å². The Balaban J connectivity index is 2.25. The number of aliphatic hydroxyl groups is 1. The third-order valence-electron chi connectivity index (χ3n) is 3.75. The molecule has 106 valence electrons. The summed E-state index contributed by atoms with van der Waals surface area (Å²) in [6.45, 7) is 7.03. The number of rotatable bonds is 3. The standard InChI is InChI=1S/C14H19Cl2NO2/c1-14(2,17-5-7-19-8-6-17)13(18)11-9-10(15)3-4-12(11)16/h3-4,9,13,18H,5-8H2,1-2H3. The van der Waals surface area contributed by atoms with Crippen molar-refractivity contribution in [3.8, 4) is 0 Å². The number of hydrogen-bond donors (Lipinski definition) is 1. The molecule has 1 aliphatic heterocycles. The van der Waals surface area contributed by atoms with E-state index in [1.54, 1.807) is 18.2 Å². The SMILES string of the molecule is CC(C)(C(O)c1cc(Cl)ccc1Cl)N1CCOCC1.